The van der Waals surface area contributed by atoms with Crippen LogP contribution in [0, 0.1) is 11.3 Å². The van der Waals surface area contributed by atoms with Gasteiger partial charge in [-0.05, 0) is 54.4 Å². The Hall–Kier alpha value is -2.91. The number of anilines is 1. The second-order valence-electron chi connectivity index (χ2n) is 9.77. The highest BCUT2D eigenvalue weighted by molar-refractivity contribution is 7.19. The molecule has 1 N–H and O–H groups in total. The average Bonchev–Trinajstić information content (AvgIpc) is 3.30. The monoisotopic (exact) mass is 499 g/mol. The van der Waals surface area contributed by atoms with Gasteiger partial charge in [0.2, 0.25) is 5.91 Å². The predicted octanol–water partition coefficient (Wildman–Crippen LogP) is 4.56. The highest BCUT2D eigenvalue weighted by Gasteiger charge is 2.32. The molecule has 1 aliphatic carbocycles. The molecule has 0 bridgehead atoms. The fraction of sp³-hybridized carbons (Fsp3) is 0.417. The predicted molar refractivity (Wildman–Crippen MR) is 134 cm³/mol. The molecule has 1 aliphatic rings. The number of aryl methyl sites for hydroxylation is 1. The van der Waals surface area contributed by atoms with Crippen molar-refractivity contribution in [2.45, 2.75) is 46.6 Å². The molecule has 1 atom stereocenters. The first kappa shape index (κ1) is 22.9. The molecule has 8 nitrogen and oxygen atoms in total. The van der Waals surface area contributed by atoms with Crippen LogP contribution >= 0.6 is 22.9 Å². The summed E-state index contributed by atoms with van der Waals surface area (Å²) in [7, 11) is 1.52. The Balaban J connectivity index is 1.45. The van der Waals surface area contributed by atoms with Crippen LogP contribution in [0.3, 0.4) is 0 Å². The van der Waals surface area contributed by atoms with E-state index in [2.05, 4.69) is 36.2 Å². The van der Waals surface area contributed by atoms with Gasteiger partial charge in [0.15, 0.2) is 5.65 Å². The van der Waals surface area contributed by atoms with E-state index in [1.165, 1.54) is 33.0 Å². The molecule has 3 heterocycles. The summed E-state index contributed by atoms with van der Waals surface area (Å²) in [4.78, 5) is 32.4. The number of halogens is 1. The molecule has 0 fully saturated rings. The van der Waals surface area contributed by atoms with Gasteiger partial charge in [-0.1, -0.05) is 32.4 Å². The highest BCUT2D eigenvalue weighted by Crippen LogP contribution is 2.43. The first-order valence-corrected chi connectivity index (χ1v) is 12.4. The summed E-state index contributed by atoms with van der Waals surface area (Å²) in [6, 6.07) is 4.95. The largest absolute Gasteiger partial charge is 0.495 e. The molecule has 10 heteroatoms. The second-order valence-corrected chi connectivity index (χ2v) is 11.3. The lowest BCUT2D eigenvalue weighted by molar-refractivity contribution is -0.117. The second kappa shape index (κ2) is 8.39. The molecule has 3 aromatic heterocycles. The van der Waals surface area contributed by atoms with Gasteiger partial charge in [-0.15, -0.1) is 16.4 Å². The van der Waals surface area contributed by atoms with Crippen LogP contribution in [0.1, 0.15) is 37.6 Å². The standard InChI is InChI=1S/C24H26ClN5O3S/c1-24(2,3)13-5-7-15-18(9-13)34-22-20(15)21-28-30(23(32)29(21)12-26-22)11-19(31)27-14-6-8-17(33-4)16(25)10-14/h6,8,10,12-13H,5,7,9,11H2,1-4H3,(H,27,31)/t13-/m0/s1. The Bertz CT molecular complexity index is 1480. The smallest absolute Gasteiger partial charge is 0.352 e. The van der Waals surface area contributed by atoms with Gasteiger partial charge in [0.05, 0.1) is 17.5 Å². The quantitative estimate of drug-likeness (QED) is 0.444. The molecule has 0 aliphatic heterocycles. The number of nitrogens with zero attached hydrogens (tertiary/aromatic N) is 4. The van der Waals surface area contributed by atoms with Gasteiger partial charge in [-0.2, -0.15) is 0 Å². The normalized spacial score (nSPS) is 16.1. The number of carbonyl (C=O) groups excluding carboxylic acids is 1. The van der Waals surface area contributed by atoms with E-state index in [9.17, 15) is 9.59 Å². The van der Waals surface area contributed by atoms with E-state index in [0.29, 0.717) is 28.0 Å². The summed E-state index contributed by atoms with van der Waals surface area (Å²) in [5.41, 5.74) is 2.17. The molecule has 4 aromatic rings. The first-order chi connectivity index (χ1) is 16.2. The fourth-order valence-corrected chi connectivity index (χ4v) is 6.14. The molecule has 0 saturated carbocycles. The lowest BCUT2D eigenvalue weighted by Crippen LogP contribution is -2.28. The molecular formula is C24H26ClN5O3S. The van der Waals surface area contributed by atoms with Crippen LogP contribution < -0.4 is 15.7 Å². The van der Waals surface area contributed by atoms with Crippen molar-refractivity contribution in [1.29, 1.82) is 0 Å². The molecular weight excluding hydrogens is 474 g/mol. The van der Waals surface area contributed by atoms with Crippen LogP contribution in [-0.2, 0) is 24.2 Å². The van der Waals surface area contributed by atoms with Gasteiger partial charge < -0.3 is 10.1 Å². The molecule has 5 rings (SSSR count). The zero-order chi connectivity index (χ0) is 24.2. The number of hydrogen-bond donors (Lipinski definition) is 1. The van der Waals surface area contributed by atoms with Crippen LogP contribution in [0.25, 0.3) is 15.9 Å². The molecule has 34 heavy (non-hydrogen) atoms. The lowest BCUT2D eigenvalue weighted by atomic mass is 9.72. The van der Waals surface area contributed by atoms with Crippen LogP contribution in [0.15, 0.2) is 29.3 Å². The zero-order valence-electron chi connectivity index (χ0n) is 19.5. The molecule has 1 amide bonds. The van der Waals surface area contributed by atoms with Crippen molar-refractivity contribution in [1.82, 2.24) is 19.2 Å². The van der Waals surface area contributed by atoms with Gasteiger partial charge in [-0.25, -0.2) is 18.9 Å². The van der Waals surface area contributed by atoms with Crippen LogP contribution in [0.4, 0.5) is 5.69 Å². The van der Waals surface area contributed by atoms with Crippen molar-refractivity contribution in [2.75, 3.05) is 12.4 Å². The third-order valence-corrected chi connectivity index (χ3v) is 8.04. The van der Waals surface area contributed by atoms with Crippen molar-refractivity contribution in [2.24, 2.45) is 11.3 Å². The number of nitrogens with one attached hydrogen (secondary N) is 1. The van der Waals surface area contributed by atoms with E-state index >= 15 is 0 Å². The number of carbonyl (C=O) groups is 1. The third kappa shape index (κ3) is 3.96. The maximum Gasteiger partial charge on any atom is 0.352 e. The Labute approximate surface area is 205 Å². The minimum absolute atomic E-state index is 0.218. The summed E-state index contributed by atoms with van der Waals surface area (Å²) < 4.78 is 7.75. The van der Waals surface area contributed by atoms with E-state index in [4.69, 9.17) is 16.3 Å². The first-order valence-electron chi connectivity index (χ1n) is 11.2. The Morgan fingerprint density at radius 3 is 2.85 bits per heavy atom. The molecule has 0 spiro atoms. The lowest BCUT2D eigenvalue weighted by Gasteiger charge is -2.33. The summed E-state index contributed by atoms with van der Waals surface area (Å²) in [6.07, 6.45) is 4.57. The summed E-state index contributed by atoms with van der Waals surface area (Å²) in [5, 5.41) is 8.62. The number of rotatable bonds is 4. The maximum atomic E-state index is 13.0. The van der Waals surface area contributed by atoms with Crippen molar-refractivity contribution in [3.05, 3.63) is 50.5 Å². The van der Waals surface area contributed by atoms with Gasteiger partial charge in [0.1, 0.15) is 23.5 Å². The minimum Gasteiger partial charge on any atom is -0.495 e. The highest BCUT2D eigenvalue weighted by atomic mass is 35.5. The van der Waals surface area contributed by atoms with Crippen LogP contribution in [-0.4, -0.2) is 32.2 Å². The molecule has 0 radical (unpaired) electrons. The number of benzene rings is 1. The van der Waals surface area contributed by atoms with Gasteiger partial charge in [-0.3, -0.25) is 4.79 Å². The number of methoxy groups -OCH3 is 1. The van der Waals surface area contributed by atoms with E-state index < -0.39 is 5.69 Å². The van der Waals surface area contributed by atoms with Gasteiger partial charge in [0.25, 0.3) is 0 Å². The number of ether oxygens (including phenoxy) is 1. The van der Waals surface area contributed by atoms with Crippen LogP contribution in [0.2, 0.25) is 5.02 Å². The van der Waals surface area contributed by atoms with Crippen LogP contribution in [0.5, 0.6) is 5.75 Å². The van der Waals surface area contributed by atoms with Crippen molar-refractivity contribution in [3.8, 4) is 5.75 Å². The number of amides is 1. The minimum atomic E-state index is -0.393. The molecule has 178 valence electrons. The third-order valence-electron chi connectivity index (χ3n) is 6.58. The summed E-state index contributed by atoms with van der Waals surface area (Å²) >= 11 is 7.83. The average molecular weight is 500 g/mol. The summed E-state index contributed by atoms with van der Waals surface area (Å²) in [6.45, 7) is 6.65. The summed E-state index contributed by atoms with van der Waals surface area (Å²) in [5.74, 6) is 0.746. The van der Waals surface area contributed by atoms with Gasteiger partial charge >= 0.3 is 5.69 Å². The zero-order valence-corrected chi connectivity index (χ0v) is 21.1. The van der Waals surface area contributed by atoms with E-state index in [-0.39, 0.29) is 17.9 Å². The molecule has 1 aromatic carbocycles. The van der Waals surface area contributed by atoms with Crippen molar-refractivity contribution >= 4 is 50.4 Å². The van der Waals surface area contributed by atoms with E-state index in [1.54, 1.807) is 29.5 Å². The Kier molecular flexibility index (Phi) is 5.64. The fourth-order valence-electron chi connectivity index (χ4n) is 4.62. The van der Waals surface area contributed by atoms with Crippen molar-refractivity contribution < 1.29 is 9.53 Å². The molecule has 0 saturated heterocycles. The number of thiophene rings is 1. The van der Waals surface area contributed by atoms with E-state index in [0.717, 1.165) is 29.5 Å². The number of fused-ring (bicyclic) bond motifs is 5. The molecule has 0 unspecified atom stereocenters. The maximum absolute atomic E-state index is 13.0. The number of aromatic nitrogens is 4. The SMILES string of the molecule is COc1ccc(NC(=O)Cn2nc3c4c5c(sc4ncn3c2=O)C[C@@H](C(C)(C)C)CC5)cc1Cl. The topological polar surface area (TPSA) is 90.5 Å². The van der Waals surface area contributed by atoms with Gasteiger partial charge in [0, 0.05) is 10.6 Å². The van der Waals surface area contributed by atoms with Crippen molar-refractivity contribution in [3.63, 3.8) is 0 Å². The number of hydrogen-bond acceptors (Lipinski definition) is 6. The Morgan fingerprint density at radius 2 is 2.15 bits per heavy atom. The van der Waals surface area contributed by atoms with E-state index in [1.807, 2.05) is 0 Å². The Morgan fingerprint density at radius 1 is 1.35 bits per heavy atom.